The lowest BCUT2D eigenvalue weighted by molar-refractivity contribution is 0.446. The molecule has 0 spiro atoms. The first kappa shape index (κ1) is 14.0. The van der Waals surface area contributed by atoms with Crippen LogP contribution in [0.1, 0.15) is 39.2 Å². The predicted octanol–water partition coefficient (Wildman–Crippen LogP) is 3.13. The van der Waals surface area contributed by atoms with Gasteiger partial charge in [-0.25, -0.2) is 0 Å². The molecule has 0 atom stereocenters. The van der Waals surface area contributed by atoms with Crippen LogP contribution in [0.3, 0.4) is 0 Å². The lowest BCUT2D eigenvalue weighted by atomic mass is 9.94. The molecule has 1 aliphatic rings. The number of hydrogen-bond acceptors (Lipinski definition) is 2. The van der Waals surface area contributed by atoms with E-state index in [1.807, 2.05) is 39.8 Å². The quantitative estimate of drug-likeness (QED) is 0.744. The van der Waals surface area contributed by atoms with Crippen molar-refractivity contribution in [3.05, 3.63) is 29.8 Å². The molecule has 0 aliphatic carbocycles. The Morgan fingerprint density at radius 1 is 1.00 bits per heavy atom. The van der Waals surface area contributed by atoms with Crippen molar-refractivity contribution in [2.75, 3.05) is 13.1 Å². The first-order valence-electron chi connectivity index (χ1n) is 5.86. The van der Waals surface area contributed by atoms with E-state index in [1.54, 1.807) is 12.1 Å². The maximum absolute atomic E-state index is 9.01. The van der Waals surface area contributed by atoms with Crippen LogP contribution in [0.15, 0.2) is 24.3 Å². The Hall–Kier alpha value is -1.02. The molecule has 0 radical (unpaired) electrons. The zero-order valence-electron chi connectivity index (χ0n) is 10.2. The standard InChI is InChI=1S/C9H11NO.2C2H6/c11-9-3-1-7(2-4-9)8-5-10-6-8;2*1-2/h1-4,8,10-11H,5-6H2;2*1-2H3. The predicted molar refractivity (Wildman–Crippen MR) is 66.4 cm³/mol. The molecule has 1 aromatic rings. The number of aromatic hydroxyl groups is 1. The van der Waals surface area contributed by atoms with Crippen LogP contribution in [0, 0.1) is 0 Å². The van der Waals surface area contributed by atoms with Crippen LogP contribution in [0.2, 0.25) is 0 Å². The second kappa shape index (κ2) is 8.30. The molecular weight excluding hydrogens is 186 g/mol. The van der Waals surface area contributed by atoms with Gasteiger partial charge in [0.15, 0.2) is 0 Å². The molecule has 0 amide bonds. The van der Waals surface area contributed by atoms with Gasteiger partial charge in [0.25, 0.3) is 0 Å². The van der Waals surface area contributed by atoms with Crippen LogP contribution in [0.4, 0.5) is 0 Å². The lowest BCUT2D eigenvalue weighted by Gasteiger charge is -2.27. The Balaban J connectivity index is 0.000000442. The molecule has 86 valence electrons. The van der Waals surface area contributed by atoms with E-state index in [2.05, 4.69) is 5.32 Å². The summed E-state index contributed by atoms with van der Waals surface area (Å²) in [7, 11) is 0. The summed E-state index contributed by atoms with van der Waals surface area (Å²) in [6, 6.07) is 7.46. The van der Waals surface area contributed by atoms with E-state index in [9.17, 15) is 0 Å². The summed E-state index contributed by atoms with van der Waals surface area (Å²) in [5.41, 5.74) is 1.32. The summed E-state index contributed by atoms with van der Waals surface area (Å²) in [5.74, 6) is 1.01. The molecule has 0 saturated carbocycles. The summed E-state index contributed by atoms with van der Waals surface area (Å²) in [4.78, 5) is 0. The third-order valence-electron chi connectivity index (χ3n) is 2.15. The average molecular weight is 209 g/mol. The van der Waals surface area contributed by atoms with E-state index < -0.39 is 0 Å². The van der Waals surface area contributed by atoms with Crippen molar-refractivity contribution in [1.82, 2.24) is 5.32 Å². The van der Waals surface area contributed by atoms with Crippen LogP contribution < -0.4 is 5.32 Å². The zero-order valence-corrected chi connectivity index (χ0v) is 10.2. The third kappa shape index (κ3) is 4.34. The third-order valence-corrected chi connectivity index (χ3v) is 2.15. The summed E-state index contributed by atoms with van der Waals surface area (Å²) in [6.07, 6.45) is 0. The van der Waals surface area contributed by atoms with Gasteiger partial charge in [-0.05, 0) is 17.7 Å². The normalized spacial score (nSPS) is 13.9. The van der Waals surface area contributed by atoms with Crippen molar-refractivity contribution in [1.29, 1.82) is 0 Å². The zero-order chi connectivity index (χ0) is 11.7. The van der Waals surface area contributed by atoms with Crippen molar-refractivity contribution in [2.24, 2.45) is 0 Å². The van der Waals surface area contributed by atoms with Crippen LogP contribution in [0.25, 0.3) is 0 Å². The molecule has 1 heterocycles. The molecule has 0 bridgehead atoms. The second-order valence-electron chi connectivity index (χ2n) is 2.95. The Kier molecular flexibility index (Phi) is 7.74. The number of benzene rings is 1. The van der Waals surface area contributed by atoms with Gasteiger partial charge in [-0.3, -0.25) is 0 Å². The maximum atomic E-state index is 9.01. The summed E-state index contributed by atoms with van der Waals surface area (Å²) >= 11 is 0. The monoisotopic (exact) mass is 209 g/mol. The lowest BCUT2D eigenvalue weighted by Crippen LogP contribution is -2.39. The highest BCUT2D eigenvalue weighted by molar-refractivity contribution is 5.29. The van der Waals surface area contributed by atoms with E-state index in [-0.39, 0.29) is 0 Å². The molecule has 0 aromatic heterocycles. The summed E-state index contributed by atoms with van der Waals surface area (Å²) in [6.45, 7) is 10.1. The molecule has 15 heavy (non-hydrogen) atoms. The fourth-order valence-corrected chi connectivity index (χ4v) is 1.27. The topological polar surface area (TPSA) is 32.3 Å². The minimum absolute atomic E-state index is 0.348. The maximum Gasteiger partial charge on any atom is 0.115 e. The van der Waals surface area contributed by atoms with E-state index in [0.29, 0.717) is 11.7 Å². The second-order valence-corrected chi connectivity index (χ2v) is 2.95. The highest BCUT2D eigenvalue weighted by Gasteiger charge is 2.17. The van der Waals surface area contributed by atoms with Crippen LogP contribution in [0.5, 0.6) is 5.75 Å². The number of phenolic OH excluding ortho intramolecular Hbond substituents is 1. The van der Waals surface area contributed by atoms with Crippen molar-refractivity contribution < 1.29 is 5.11 Å². The average Bonchev–Trinajstić information content (AvgIpc) is 2.25. The van der Waals surface area contributed by atoms with Gasteiger partial charge in [0, 0.05) is 19.0 Å². The van der Waals surface area contributed by atoms with E-state index in [1.165, 1.54) is 5.56 Å². The van der Waals surface area contributed by atoms with Crippen LogP contribution in [-0.4, -0.2) is 18.2 Å². The SMILES string of the molecule is CC.CC.Oc1ccc(C2CNC2)cc1. The van der Waals surface area contributed by atoms with Gasteiger partial charge in [0.2, 0.25) is 0 Å². The van der Waals surface area contributed by atoms with Gasteiger partial charge in [-0.1, -0.05) is 39.8 Å². The molecule has 2 rings (SSSR count). The summed E-state index contributed by atoms with van der Waals surface area (Å²) in [5, 5.41) is 12.2. The van der Waals surface area contributed by atoms with E-state index >= 15 is 0 Å². The minimum Gasteiger partial charge on any atom is -0.508 e. The fraction of sp³-hybridized carbons (Fsp3) is 0.538. The van der Waals surface area contributed by atoms with Gasteiger partial charge >= 0.3 is 0 Å². The first-order chi connectivity index (χ1) is 7.36. The largest absolute Gasteiger partial charge is 0.508 e. The number of rotatable bonds is 1. The molecule has 2 N–H and O–H groups in total. The van der Waals surface area contributed by atoms with Crippen molar-refractivity contribution >= 4 is 0 Å². The molecule has 1 fully saturated rings. The fourth-order valence-electron chi connectivity index (χ4n) is 1.27. The van der Waals surface area contributed by atoms with Gasteiger partial charge in [0.1, 0.15) is 5.75 Å². The molecule has 1 aromatic carbocycles. The van der Waals surface area contributed by atoms with Crippen molar-refractivity contribution in [3.8, 4) is 5.75 Å². The molecule has 2 heteroatoms. The molecule has 1 saturated heterocycles. The molecule has 0 unspecified atom stereocenters. The van der Waals surface area contributed by atoms with E-state index in [4.69, 9.17) is 5.11 Å². The Morgan fingerprint density at radius 3 is 1.80 bits per heavy atom. The molecule has 1 aliphatic heterocycles. The van der Waals surface area contributed by atoms with Gasteiger partial charge in [-0.2, -0.15) is 0 Å². The number of nitrogens with one attached hydrogen (secondary N) is 1. The first-order valence-corrected chi connectivity index (χ1v) is 5.86. The van der Waals surface area contributed by atoms with Crippen LogP contribution >= 0.6 is 0 Å². The highest BCUT2D eigenvalue weighted by atomic mass is 16.3. The van der Waals surface area contributed by atoms with Gasteiger partial charge in [-0.15, -0.1) is 0 Å². The van der Waals surface area contributed by atoms with E-state index in [0.717, 1.165) is 13.1 Å². The minimum atomic E-state index is 0.348. The van der Waals surface area contributed by atoms with Gasteiger partial charge in [0.05, 0.1) is 0 Å². The number of phenols is 1. The Labute approximate surface area is 93.3 Å². The summed E-state index contributed by atoms with van der Waals surface area (Å²) < 4.78 is 0. The van der Waals surface area contributed by atoms with Crippen molar-refractivity contribution in [3.63, 3.8) is 0 Å². The molecule has 2 nitrogen and oxygen atoms in total. The van der Waals surface area contributed by atoms with Gasteiger partial charge < -0.3 is 10.4 Å². The van der Waals surface area contributed by atoms with Crippen molar-refractivity contribution in [2.45, 2.75) is 33.6 Å². The Bertz CT molecular complexity index is 239. The Morgan fingerprint density at radius 2 is 1.47 bits per heavy atom. The highest BCUT2D eigenvalue weighted by Crippen LogP contribution is 2.21. The number of hydrogen-bond donors (Lipinski definition) is 2. The molecular formula is C13H23NO. The van der Waals surface area contributed by atoms with Crippen LogP contribution in [-0.2, 0) is 0 Å². The smallest absolute Gasteiger partial charge is 0.115 e.